The molecule has 0 spiro atoms. The smallest absolute Gasteiger partial charge is 0.261 e. The highest BCUT2D eigenvalue weighted by molar-refractivity contribution is 6.36. The monoisotopic (exact) mass is 459 g/mol. The van der Waals surface area contributed by atoms with Crippen molar-refractivity contribution in [3.05, 3.63) is 74.3 Å². The van der Waals surface area contributed by atoms with Gasteiger partial charge in [-0.1, -0.05) is 55.6 Å². The summed E-state index contributed by atoms with van der Waals surface area (Å²) in [6.07, 6.45) is 2.54. The summed E-state index contributed by atoms with van der Waals surface area (Å²) in [5, 5.41) is 1.37. The molecule has 7 heteroatoms. The summed E-state index contributed by atoms with van der Waals surface area (Å²) < 4.78 is 1.70. The molecular weight excluding hydrogens is 433 g/mol. The predicted octanol–water partition coefficient (Wildman–Crippen LogP) is 6.12. The third kappa shape index (κ3) is 4.94. The Morgan fingerprint density at radius 2 is 1.87 bits per heavy atom. The van der Waals surface area contributed by atoms with Gasteiger partial charge in [0.15, 0.2) is 0 Å². The summed E-state index contributed by atoms with van der Waals surface area (Å²) in [6.45, 7) is 7.08. The van der Waals surface area contributed by atoms with Crippen molar-refractivity contribution in [1.29, 1.82) is 0 Å². The molecule has 3 rings (SSSR count). The van der Waals surface area contributed by atoms with E-state index in [4.69, 9.17) is 28.2 Å². The Labute approximate surface area is 192 Å². The fourth-order valence-electron chi connectivity index (χ4n) is 3.70. The van der Waals surface area contributed by atoms with Gasteiger partial charge in [0.05, 0.1) is 27.5 Å². The molecule has 1 aromatic heterocycles. The lowest BCUT2D eigenvalue weighted by Crippen LogP contribution is -2.38. The molecule has 31 heavy (non-hydrogen) atoms. The van der Waals surface area contributed by atoms with Crippen LogP contribution in [0, 0.1) is 0 Å². The molecule has 0 aliphatic heterocycles. The van der Waals surface area contributed by atoms with Crippen LogP contribution in [0.3, 0.4) is 0 Å². The minimum Gasteiger partial charge on any atom is -0.329 e. The van der Waals surface area contributed by atoms with Crippen molar-refractivity contribution in [3.8, 4) is 0 Å². The lowest BCUT2D eigenvalue weighted by molar-refractivity contribution is 0.0676. The van der Waals surface area contributed by atoms with Gasteiger partial charge in [-0.3, -0.25) is 14.2 Å². The zero-order valence-corrected chi connectivity index (χ0v) is 19.6. The van der Waals surface area contributed by atoms with Crippen LogP contribution in [0.2, 0.25) is 10.0 Å². The average Bonchev–Trinajstić information content (AvgIpc) is 2.75. The second-order valence-electron chi connectivity index (χ2n) is 7.60. The van der Waals surface area contributed by atoms with E-state index in [0.29, 0.717) is 45.4 Å². The van der Waals surface area contributed by atoms with Gasteiger partial charge in [0.25, 0.3) is 11.5 Å². The van der Waals surface area contributed by atoms with E-state index in [0.717, 1.165) is 19.3 Å². The van der Waals surface area contributed by atoms with Gasteiger partial charge >= 0.3 is 0 Å². The molecule has 0 fully saturated rings. The first-order chi connectivity index (χ1) is 14.9. The van der Waals surface area contributed by atoms with Crippen LogP contribution < -0.4 is 5.56 Å². The summed E-state index contributed by atoms with van der Waals surface area (Å²) in [6, 6.07) is 11.8. The molecule has 0 aliphatic carbocycles. The Hall–Kier alpha value is -2.37. The highest BCUT2D eigenvalue weighted by atomic mass is 35.5. The first-order valence-electron chi connectivity index (χ1n) is 10.6. The number of aromatic nitrogens is 2. The van der Waals surface area contributed by atoms with Crippen LogP contribution in [-0.2, 0) is 6.54 Å². The largest absolute Gasteiger partial charge is 0.329 e. The van der Waals surface area contributed by atoms with E-state index in [1.165, 1.54) is 0 Å². The zero-order valence-electron chi connectivity index (χ0n) is 18.1. The number of fused-ring (bicyclic) bond motifs is 1. The van der Waals surface area contributed by atoms with Gasteiger partial charge in [-0.2, -0.15) is 0 Å². The maximum atomic E-state index is 13.5. The Morgan fingerprint density at radius 1 is 1.13 bits per heavy atom. The number of para-hydroxylation sites is 1. The Kier molecular flexibility index (Phi) is 7.74. The maximum Gasteiger partial charge on any atom is 0.261 e. The average molecular weight is 460 g/mol. The number of unbranched alkanes of at least 4 members (excludes halogenated alkanes) is 1. The Bertz CT molecular complexity index is 1140. The van der Waals surface area contributed by atoms with E-state index < -0.39 is 6.04 Å². The summed E-state index contributed by atoms with van der Waals surface area (Å²) in [4.78, 5) is 33.3. The van der Waals surface area contributed by atoms with Crippen molar-refractivity contribution in [2.45, 2.75) is 52.6 Å². The van der Waals surface area contributed by atoms with Crippen LogP contribution >= 0.6 is 23.2 Å². The number of halogens is 2. The molecule has 3 aromatic rings. The molecule has 0 saturated carbocycles. The maximum absolute atomic E-state index is 13.5. The summed E-state index contributed by atoms with van der Waals surface area (Å²) in [7, 11) is 0. The molecule has 164 valence electrons. The predicted molar refractivity (Wildman–Crippen MR) is 127 cm³/mol. The number of carbonyl (C=O) groups is 1. The molecule has 0 radical (unpaired) electrons. The van der Waals surface area contributed by atoms with Gasteiger partial charge in [0, 0.05) is 18.1 Å². The highest BCUT2D eigenvalue weighted by Gasteiger charge is 2.27. The van der Waals surface area contributed by atoms with Gasteiger partial charge in [-0.15, -0.1) is 0 Å². The Balaban J connectivity index is 2.12. The standard InChI is InChI=1S/C24H27Cl2N3O2/c1-4-6-14-28(23(30)18-12-11-17(25)15-20(18)26)16(3)22-27-21-10-8-7-9-19(21)24(31)29(22)13-5-2/h7-12,15-16H,4-6,13-14H2,1-3H3. The summed E-state index contributed by atoms with van der Waals surface area (Å²) >= 11 is 12.3. The second-order valence-corrected chi connectivity index (χ2v) is 8.44. The molecule has 0 aliphatic rings. The van der Waals surface area contributed by atoms with Crippen molar-refractivity contribution >= 4 is 40.0 Å². The van der Waals surface area contributed by atoms with Crippen molar-refractivity contribution in [2.24, 2.45) is 0 Å². The number of amides is 1. The number of benzene rings is 2. The fraction of sp³-hybridized carbons (Fsp3) is 0.375. The second kappa shape index (κ2) is 10.3. The number of rotatable bonds is 8. The minimum atomic E-state index is -0.408. The van der Waals surface area contributed by atoms with Crippen molar-refractivity contribution < 1.29 is 4.79 Å². The molecule has 1 unspecified atom stereocenters. The topological polar surface area (TPSA) is 55.2 Å². The van der Waals surface area contributed by atoms with E-state index in [1.54, 1.807) is 33.7 Å². The number of hydrogen-bond acceptors (Lipinski definition) is 3. The first-order valence-corrected chi connectivity index (χ1v) is 11.4. The number of hydrogen-bond donors (Lipinski definition) is 0. The summed E-state index contributed by atoms with van der Waals surface area (Å²) in [5.41, 5.74) is 0.940. The third-order valence-corrected chi connectivity index (χ3v) is 5.90. The first kappa shape index (κ1) is 23.3. The van der Waals surface area contributed by atoms with Crippen molar-refractivity contribution in [1.82, 2.24) is 14.5 Å². The van der Waals surface area contributed by atoms with E-state index in [9.17, 15) is 9.59 Å². The van der Waals surface area contributed by atoms with Crippen LogP contribution in [0.25, 0.3) is 10.9 Å². The van der Waals surface area contributed by atoms with E-state index in [2.05, 4.69) is 6.92 Å². The molecule has 5 nitrogen and oxygen atoms in total. The molecule has 0 saturated heterocycles. The molecule has 1 heterocycles. The van der Waals surface area contributed by atoms with Crippen LogP contribution in [0.1, 0.15) is 62.3 Å². The van der Waals surface area contributed by atoms with Gasteiger partial charge in [0.1, 0.15) is 5.82 Å². The molecule has 2 aromatic carbocycles. The highest BCUT2D eigenvalue weighted by Crippen LogP contribution is 2.27. The molecule has 1 amide bonds. The van der Waals surface area contributed by atoms with Crippen LogP contribution in [-0.4, -0.2) is 26.9 Å². The lowest BCUT2D eigenvalue weighted by Gasteiger charge is -2.31. The molecule has 0 N–H and O–H groups in total. The van der Waals surface area contributed by atoms with Crippen molar-refractivity contribution in [2.75, 3.05) is 6.54 Å². The quantitative estimate of drug-likeness (QED) is 0.407. The zero-order chi connectivity index (χ0) is 22.5. The van der Waals surface area contributed by atoms with Crippen LogP contribution in [0.5, 0.6) is 0 Å². The van der Waals surface area contributed by atoms with Gasteiger partial charge in [-0.25, -0.2) is 4.98 Å². The van der Waals surface area contributed by atoms with E-state index in [1.807, 2.05) is 32.0 Å². The van der Waals surface area contributed by atoms with E-state index in [-0.39, 0.29) is 11.5 Å². The molecule has 0 bridgehead atoms. The normalized spacial score (nSPS) is 12.2. The van der Waals surface area contributed by atoms with Gasteiger partial charge < -0.3 is 4.90 Å². The van der Waals surface area contributed by atoms with Crippen LogP contribution in [0.4, 0.5) is 0 Å². The number of carbonyl (C=O) groups excluding carboxylic acids is 1. The fourth-order valence-corrected chi connectivity index (χ4v) is 4.19. The Morgan fingerprint density at radius 3 is 2.55 bits per heavy atom. The number of nitrogens with zero attached hydrogens (tertiary/aromatic N) is 3. The van der Waals surface area contributed by atoms with Gasteiger partial charge in [-0.05, 0) is 50.1 Å². The molecular formula is C24H27Cl2N3O2. The minimum absolute atomic E-state index is 0.0817. The van der Waals surface area contributed by atoms with Gasteiger partial charge in [0.2, 0.25) is 0 Å². The summed E-state index contributed by atoms with van der Waals surface area (Å²) in [5.74, 6) is 0.383. The lowest BCUT2D eigenvalue weighted by atomic mass is 10.1. The van der Waals surface area contributed by atoms with E-state index >= 15 is 0 Å². The third-order valence-electron chi connectivity index (χ3n) is 5.35. The SMILES string of the molecule is CCCCN(C(=O)c1ccc(Cl)cc1Cl)C(C)c1nc2ccccc2c(=O)n1CCC. The van der Waals surface area contributed by atoms with Crippen LogP contribution in [0.15, 0.2) is 47.3 Å². The molecule has 1 atom stereocenters. The van der Waals surface area contributed by atoms with Crippen molar-refractivity contribution in [3.63, 3.8) is 0 Å².